The highest BCUT2D eigenvalue weighted by Gasteiger charge is 2.40. The second-order valence-corrected chi connectivity index (χ2v) is 11.3. The van der Waals surface area contributed by atoms with Gasteiger partial charge in [0.1, 0.15) is 12.2 Å². The van der Waals surface area contributed by atoms with Crippen molar-refractivity contribution in [2.75, 3.05) is 20.3 Å². The van der Waals surface area contributed by atoms with Gasteiger partial charge in [0.15, 0.2) is 11.5 Å². The van der Waals surface area contributed by atoms with Crippen molar-refractivity contribution < 1.29 is 34.4 Å². The molecule has 0 unspecified atom stereocenters. The van der Waals surface area contributed by atoms with Crippen LogP contribution < -0.4 is 14.8 Å². The van der Waals surface area contributed by atoms with Crippen LogP contribution >= 0.6 is 45.8 Å². The highest BCUT2D eigenvalue weighted by atomic mass is 127. The molecule has 0 aliphatic heterocycles. The molecule has 2 aromatic carbocycles. The molecule has 3 rings (SSSR count). The van der Waals surface area contributed by atoms with Crippen molar-refractivity contribution in [3.63, 3.8) is 0 Å². The molecule has 0 bridgehead atoms. The predicted molar refractivity (Wildman–Crippen MR) is 165 cm³/mol. The number of allylic oxidation sites excluding steroid dienone is 1. The van der Waals surface area contributed by atoms with Gasteiger partial charge in [0.2, 0.25) is 11.8 Å². The lowest BCUT2D eigenvalue weighted by Crippen LogP contribution is -2.54. The topological polar surface area (TPSA) is 129 Å². The molecule has 0 saturated heterocycles. The van der Waals surface area contributed by atoms with Crippen molar-refractivity contribution in [3.05, 3.63) is 78.9 Å². The van der Waals surface area contributed by atoms with Crippen LogP contribution in [0.15, 0.2) is 54.1 Å². The number of methoxy groups -OCH3 is 1. The number of nitrogens with one attached hydrogen (secondary N) is 1. The van der Waals surface area contributed by atoms with Crippen molar-refractivity contribution in [2.24, 2.45) is 0 Å². The summed E-state index contributed by atoms with van der Waals surface area (Å²) in [6.45, 7) is 1.51. The summed E-state index contributed by atoms with van der Waals surface area (Å²) in [5.74, 6) is -0.187. The monoisotopic (exact) mass is 718 g/mol. The third-order valence-electron chi connectivity index (χ3n) is 6.48. The first-order chi connectivity index (χ1) is 19.6. The first kappa shape index (κ1) is 33.2. The Morgan fingerprint density at radius 1 is 1.22 bits per heavy atom. The van der Waals surface area contributed by atoms with Crippen LogP contribution in [0.3, 0.4) is 0 Å². The van der Waals surface area contributed by atoms with E-state index in [0.717, 1.165) is 0 Å². The molecule has 2 aromatic rings. The Balaban J connectivity index is 2.07. The number of benzene rings is 2. The van der Waals surface area contributed by atoms with Crippen LogP contribution in [-0.4, -0.2) is 70.5 Å². The Labute approximate surface area is 262 Å². The van der Waals surface area contributed by atoms with Crippen LogP contribution in [-0.2, 0) is 22.7 Å². The van der Waals surface area contributed by atoms with Gasteiger partial charge in [-0.3, -0.25) is 9.59 Å². The minimum absolute atomic E-state index is 0.0207. The zero-order valence-electron chi connectivity index (χ0n) is 22.6. The number of halogens is 3. The molecule has 41 heavy (non-hydrogen) atoms. The Bertz CT molecular complexity index is 1300. The molecule has 1 aliphatic rings. The molecule has 0 aromatic heterocycles. The number of hydrogen-bond donors (Lipinski definition) is 4. The number of aliphatic hydroxyl groups excluding tert-OH is 3. The lowest BCUT2D eigenvalue weighted by atomic mass is 9.87. The average molecular weight is 719 g/mol. The van der Waals surface area contributed by atoms with E-state index in [-0.39, 0.29) is 44.2 Å². The molecule has 222 valence electrons. The van der Waals surface area contributed by atoms with Crippen molar-refractivity contribution >= 4 is 57.6 Å². The second-order valence-electron chi connectivity index (χ2n) is 9.30. The summed E-state index contributed by atoms with van der Waals surface area (Å²) in [6, 6.07) is 7.39. The van der Waals surface area contributed by atoms with Gasteiger partial charge in [0, 0.05) is 35.1 Å². The van der Waals surface area contributed by atoms with Crippen LogP contribution in [0.25, 0.3) is 0 Å². The number of ether oxygens (including phenoxy) is 2. The number of hydrogen-bond acceptors (Lipinski definition) is 7. The Hall–Kier alpha value is -2.35. The maximum absolute atomic E-state index is 13.5. The van der Waals surface area contributed by atoms with E-state index < -0.39 is 24.2 Å². The van der Waals surface area contributed by atoms with Crippen molar-refractivity contribution in [1.82, 2.24) is 10.2 Å². The SMILES string of the molecule is CCC=CC(=O)N(Cc1ccc(Cl)cc1Cl)[C@@H]1CC(C(=O)NCCO)=C[C@H](Oc2c(I)cc(CO)cc2OC)[C@H]1O. The number of aliphatic hydroxyl groups is 3. The summed E-state index contributed by atoms with van der Waals surface area (Å²) in [4.78, 5) is 28.0. The molecule has 0 spiro atoms. The summed E-state index contributed by atoms with van der Waals surface area (Å²) < 4.78 is 12.4. The molecule has 2 amide bonds. The highest BCUT2D eigenvalue weighted by molar-refractivity contribution is 14.1. The fourth-order valence-corrected chi connectivity index (χ4v) is 5.66. The van der Waals surface area contributed by atoms with Gasteiger partial charge in [0.25, 0.3) is 0 Å². The molecule has 12 heteroatoms. The predicted octanol–water partition coefficient (Wildman–Crippen LogP) is 4.01. The van der Waals surface area contributed by atoms with E-state index in [2.05, 4.69) is 5.32 Å². The zero-order chi connectivity index (χ0) is 30.1. The van der Waals surface area contributed by atoms with Gasteiger partial charge in [-0.05, 0) is 76.6 Å². The summed E-state index contributed by atoms with van der Waals surface area (Å²) in [5, 5.41) is 33.9. The number of carbonyl (C=O) groups is 2. The molecule has 0 heterocycles. The third kappa shape index (κ3) is 8.59. The number of rotatable bonds is 12. The number of amides is 2. The lowest BCUT2D eigenvalue weighted by Gasteiger charge is -2.40. The first-order valence-electron chi connectivity index (χ1n) is 13.0. The lowest BCUT2D eigenvalue weighted by molar-refractivity contribution is -0.134. The van der Waals surface area contributed by atoms with Gasteiger partial charge in [0.05, 0.1) is 29.9 Å². The minimum Gasteiger partial charge on any atom is -0.493 e. The van der Waals surface area contributed by atoms with Gasteiger partial charge in [-0.2, -0.15) is 0 Å². The molecule has 3 atom stereocenters. The largest absolute Gasteiger partial charge is 0.493 e. The van der Waals surface area contributed by atoms with E-state index in [9.17, 15) is 24.9 Å². The summed E-state index contributed by atoms with van der Waals surface area (Å²) in [5.41, 5.74) is 1.49. The number of nitrogens with zero attached hydrogens (tertiary/aromatic N) is 1. The molecule has 9 nitrogen and oxygen atoms in total. The van der Waals surface area contributed by atoms with Gasteiger partial charge in [-0.1, -0.05) is 42.3 Å². The quantitative estimate of drug-likeness (QED) is 0.193. The van der Waals surface area contributed by atoms with Gasteiger partial charge in [-0.15, -0.1) is 0 Å². The first-order valence-corrected chi connectivity index (χ1v) is 14.8. The zero-order valence-corrected chi connectivity index (χ0v) is 26.3. The van der Waals surface area contributed by atoms with Crippen molar-refractivity contribution in [1.29, 1.82) is 0 Å². The van der Waals surface area contributed by atoms with Crippen molar-refractivity contribution in [2.45, 2.75) is 51.2 Å². The van der Waals surface area contributed by atoms with E-state index in [1.54, 1.807) is 36.4 Å². The molecule has 0 fully saturated rings. The fraction of sp³-hybridized carbons (Fsp3) is 0.379. The van der Waals surface area contributed by atoms with Crippen LogP contribution in [0, 0.1) is 3.57 Å². The van der Waals surface area contributed by atoms with E-state index in [4.69, 9.17) is 32.7 Å². The summed E-state index contributed by atoms with van der Waals surface area (Å²) in [6.07, 6.45) is 2.98. The molecule has 0 saturated carbocycles. The second kappa shape index (κ2) is 15.8. The Kier molecular flexibility index (Phi) is 12.7. The third-order valence-corrected chi connectivity index (χ3v) is 7.86. The summed E-state index contributed by atoms with van der Waals surface area (Å²) >= 11 is 14.6. The van der Waals surface area contributed by atoms with Crippen LogP contribution in [0.2, 0.25) is 10.0 Å². The molecular weight excluding hydrogens is 686 g/mol. The maximum Gasteiger partial charge on any atom is 0.247 e. The standard InChI is InChI=1S/C29H33Cl2IN2O7/c1-3-4-5-26(37)34(15-18-6-7-20(30)14-21(18)31)23-12-19(29(39)33-8-9-35)13-24(27(23)38)41-28-22(32)10-17(16-36)11-25(28)40-2/h4-7,10-11,13-14,23-24,27,35-36,38H,3,8-9,12,15-16H2,1-2H3,(H,33,39)/t23-,24+,27+/m1/s1. The summed E-state index contributed by atoms with van der Waals surface area (Å²) in [7, 11) is 1.46. The maximum atomic E-state index is 13.5. The smallest absolute Gasteiger partial charge is 0.247 e. The minimum atomic E-state index is -1.26. The van der Waals surface area contributed by atoms with E-state index in [0.29, 0.717) is 42.7 Å². The van der Waals surface area contributed by atoms with Crippen LogP contribution in [0.4, 0.5) is 0 Å². The molecular formula is C29H33Cl2IN2O7. The van der Waals surface area contributed by atoms with Gasteiger partial charge in [-0.25, -0.2) is 0 Å². The van der Waals surface area contributed by atoms with Crippen LogP contribution in [0.5, 0.6) is 11.5 Å². The average Bonchev–Trinajstić information content (AvgIpc) is 2.96. The van der Waals surface area contributed by atoms with E-state index in [1.165, 1.54) is 24.2 Å². The molecule has 0 radical (unpaired) electrons. The Morgan fingerprint density at radius 3 is 2.61 bits per heavy atom. The van der Waals surface area contributed by atoms with E-state index in [1.807, 2.05) is 29.5 Å². The molecule has 4 N–H and O–H groups in total. The van der Waals surface area contributed by atoms with Gasteiger partial charge < -0.3 is 35.0 Å². The highest BCUT2D eigenvalue weighted by Crippen LogP contribution is 2.37. The Morgan fingerprint density at radius 2 is 1.98 bits per heavy atom. The number of carbonyl (C=O) groups excluding carboxylic acids is 2. The van der Waals surface area contributed by atoms with E-state index >= 15 is 0 Å². The fourth-order valence-electron chi connectivity index (χ4n) is 4.40. The van der Waals surface area contributed by atoms with Crippen LogP contribution in [0.1, 0.15) is 30.9 Å². The van der Waals surface area contributed by atoms with Crippen molar-refractivity contribution in [3.8, 4) is 11.5 Å². The van der Waals surface area contributed by atoms with Gasteiger partial charge >= 0.3 is 0 Å². The molecule has 1 aliphatic carbocycles. The normalized spacial score (nSPS) is 18.6.